The van der Waals surface area contributed by atoms with Crippen LogP contribution in [0.5, 0.6) is 17.4 Å². The van der Waals surface area contributed by atoms with Gasteiger partial charge in [-0.25, -0.2) is 18.9 Å². The molecule has 1 atom stereocenters. The molecule has 7 nitrogen and oxygen atoms in total. The summed E-state index contributed by atoms with van der Waals surface area (Å²) in [6.45, 7) is 0. The third-order valence-electron chi connectivity index (χ3n) is 5.12. The Morgan fingerprint density at radius 3 is 2.73 bits per heavy atom. The van der Waals surface area contributed by atoms with Gasteiger partial charge in [-0.1, -0.05) is 6.07 Å². The van der Waals surface area contributed by atoms with Crippen molar-refractivity contribution in [1.29, 1.82) is 0 Å². The van der Waals surface area contributed by atoms with Crippen LogP contribution in [-0.2, 0) is 0 Å². The molecule has 0 saturated heterocycles. The van der Waals surface area contributed by atoms with E-state index in [0.717, 1.165) is 5.56 Å². The number of furan rings is 1. The predicted octanol–water partition coefficient (Wildman–Crippen LogP) is 4.51. The first-order valence-electron chi connectivity index (χ1n) is 9.23. The number of aromatic nitrogens is 4. The second-order valence-corrected chi connectivity index (χ2v) is 6.95. The van der Waals surface area contributed by atoms with Crippen molar-refractivity contribution >= 4 is 5.65 Å². The average molecular weight is 400 g/mol. The van der Waals surface area contributed by atoms with Crippen molar-refractivity contribution in [2.45, 2.75) is 5.92 Å². The molecule has 3 aromatic heterocycles. The maximum absolute atomic E-state index is 13.3. The lowest BCUT2D eigenvalue weighted by atomic mass is 9.87. The van der Waals surface area contributed by atoms with Crippen LogP contribution in [0.4, 0.5) is 4.39 Å². The first-order valence-corrected chi connectivity index (χ1v) is 9.23. The summed E-state index contributed by atoms with van der Waals surface area (Å²) in [4.78, 5) is 9.11. The van der Waals surface area contributed by atoms with Gasteiger partial charge in [0.15, 0.2) is 11.5 Å². The monoisotopic (exact) mass is 400 g/mol. The number of fused-ring (bicyclic) bond motifs is 4. The van der Waals surface area contributed by atoms with Gasteiger partial charge in [-0.15, -0.1) is 5.10 Å². The zero-order chi connectivity index (χ0) is 20.2. The van der Waals surface area contributed by atoms with Gasteiger partial charge in [-0.2, -0.15) is 0 Å². The lowest BCUT2D eigenvalue weighted by molar-refractivity contribution is 0.409. The molecule has 0 aliphatic carbocycles. The Morgan fingerprint density at radius 2 is 1.93 bits per heavy atom. The first kappa shape index (κ1) is 16.7. The minimum Gasteiger partial charge on any atom is -0.508 e. The van der Waals surface area contributed by atoms with Crippen molar-refractivity contribution in [3.05, 3.63) is 89.9 Å². The summed E-state index contributed by atoms with van der Waals surface area (Å²) >= 11 is 0. The number of nitrogens with zero attached hydrogens (tertiary/aromatic N) is 4. The zero-order valence-corrected chi connectivity index (χ0v) is 15.4. The molecule has 5 aromatic rings. The van der Waals surface area contributed by atoms with Crippen LogP contribution in [0.25, 0.3) is 17.0 Å². The second-order valence-electron chi connectivity index (χ2n) is 6.95. The van der Waals surface area contributed by atoms with E-state index in [2.05, 4.69) is 10.1 Å². The van der Waals surface area contributed by atoms with Gasteiger partial charge in [-0.3, -0.25) is 0 Å². The molecule has 1 aliphatic heterocycles. The van der Waals surface area contributed by atoms with Gasteiger partial charge in [0.25, 0.3) is 0 Å². The molecule has 0 unspecified atom stereocenters. The normalized spacial score (nSPS) is 14.9. The van der Waals surface area contributed by atoms with Crippen LogP contribution in [-0.4, -0.2) is 24.7 Å². The average Bonchev–Trinajstić information content (AvgIpc) is 3.42. The summed E-state index contributed by atoms with van der Waals surface area (Å²) in [6.07, 6.45) is 3.12. The van der Waals surface area contributed by atoms with Crippen LogP contribution in [0.3, 0.4) is 0 Å². The molecule has 0 fully saturated rings. The molecule has 4 heterocycles. The van der Waals surface area contributed by atoms with E-state index in [1.54, 1.807) is 41.1 Å². The fraction of sp³-hybridized carbons (Fsp3) is 0.0455. The Hall–Kier alpha value is -4.20. The molecule has 0 spiro atoms. The Balaban J connectivity index is 1.60. The van der Waals surface area contributed by atoms with Crippen molar-refractivity contribution in [2.24, 2.45) is 0 Å². The molecule has 2 aromatic carbocycles. The van der Waals surface area contributed by atoms with E-state index in [0.29, 0.717) is 40.0 Å². The highest BCUT2D eigenvalue weighted by Gasteiger charge is 2.35. The van der Waals surface area contributed by atoms with Crippen LogP contribution in [0.1, 0.15) is 22.8 Å². The van der Waals surface area contributed by atoms with E-state index in [-0.39, 0.29) is 17.5 Å². The summed E-state index contributed by atoms with van der Waals surface area (Å²) in [5, 5.41) is 14.4. The Bertz CT molecular complexity index is 1390. The van der Waals surface area contributed by atoms with E-state index in [4.69, 9.17) is 14.1 Å². The number of rotatable bonds is 2. The molecule has 1 aliphatic rings. The van der Waals surface area contributed by atoms with Gasteiger partial charge in [0, 0.05) is 17.2 Å². The molecule has 0 bridgehead atoms. The van der Waals surface area contributed by atoms with Crippen LogP contribution in [0.2, 0.25) is 0 Å². The molecule has 146 valence electrons. The second kappa shape index (κ2) is 6.15. The van der Waals surface area contributed by atoms with E-state index in [1.807, 2.05) is 12.1 Å². The van der Waals surface area contributed by atoms with Crippen molar-refractivity contribution in [3.63, 3.8) is 0 Å². The highest BCUT2D eigenvalue weighted by molar-refractivity contribution is 5.68. The molecule has 30 heavy (non-hydrogen) atoms. The van der Waals surface area contributed by atoms with Crippen molar-refractivity contribution in [2.75, 3.05) is 0 Å². The fourth-order valence-corrected chi connectivity index (χ4v) is 3.78. The molecular formula is C22H13FN4O3. The number of phenolic OH excluding ortho intramolecular Hbond substituents is 1. The maximum atomic E-state index is 13.3. The van der Waals surface area contributed by atoms with Gasteiger partial charge in [0.05, 0.1) is 17.7 Å². The third kappa shape index (κ3) is 2.47. The molecule has 0 saturated carbocycles. The first-order chi connectivity index (χ1) is 14.7. The number of phenols is 1. The minimum absolute atomic E-state index is 0.0950. The number of aromatic hydroxyl groups is 1. The number of benzene rings is 2. The number of hydrogen-bond donors (Lipinski definition) is 1. The van der Waals surface area contributed by atoms with E-state index >= 15 is 0 Å². The topological polar surface area (TPSA) is 85.7 Å². The Morgan fingerprint density at radius 1 is 1.07 bits per heavy atom. The molecule has 0 radical (unpaired) electrons. The highest BCUT2D eigenvalue weighted by atomic mass is 19.1. The quantitative estimate of drug-likeness (QED) is 0.460. The molecular weight excluding hydrogens is 387 g/mol. The largest absolute Gasteiger partial charge is 0.508 e. The van der Waals surface area contributed by atoms with Crippen molar-refractivity contribution < 1.29 is 18.7 Å². The lowest BCUT2D eigenvalue weighted by Gasteiger charge is -2.26. The number of ether oxygens (including phenoxy) is 1. The molecule has 6 rings (SSSR count). The molecule has 1 N–H and O–H groups in total. The fourth-order valence-electron chi connectivity index (χ4n) is 3.78. The van der Waals surface area contributed by atoms with Gasteiger partial charge in [-0.05, 0) is 42.5 Å². The minimum atomic E-state index is -0.346. The Labute approximate surface area is 169 Å². The van der Waals surface area contributed by atoms with Gasteiger partial charge >= 0.3 is 0 Å². The number of halogens is 1. The molecule has 0 amide bonds. The van der Waals surface area contributed by atoms with Gasteiger partial charge < -0.3 is 14.3 Å². The summed E-state index contributed by atoms with van der Waals surface area (Å²) in [7, 11) is 0. The van der Waals surface area contributed by atoms with Gasteiger partial charge in [0.1, 0.15) is 29.4 Å². The van der Waals surface area contributed by atoms with E-state index in [9.17, 15) is 9.50 Å². The van der Waals surface area contributed by atoms with E-state index in [1.165, 1.54) is 18.5 Å². The van der Waals surface area contributed by atoms with Crippen molar-refractivity contribution in [3.8, 4) is 28.8 Å². The Kier molecular flexibility index (Phi) is 3.43. The summed E-state index contributed by atoms with van der Waals surface area (Å²) < 4.78 is 26.6. The summed E-state index contributed by atoms with van der Waals surface area (Å²) in [5.41, 5.74) is 2.76. The lowest BCUT2D eigenvalue weighted by Crippen LogP contribution is -2.14. The van der Waals surface area contributed by atoms with Crippen LogP contribution in [0.15, 0.2) is 71.6 Å². The SMILES string of the molecule is Oc1ccc2c(c1)Oc1ncn3nc(-c4ccc(F)cc4)nc3c1[C@H]2c1ccco1. The van der Waals surface area contributed by atoms with Crippen LogP contribution < -0.4 is 4.74 Å². The number of hydrogen-bond acceptors (Lipinski definition) is 6. The van der Waals surface area contributed by atoms with E-state index < -0.39 is 0 Å². The predicted molar refractivity (Wildman–Crippen MR) is 104 cm³/mol. The third-order valence-corrected chi connectivity index (χ3v) is 5.12. The summed E-state index contributed by atoms with van der Waals surface area (Å²) in [5.74, 6) is 1.41. The van der Waals surface area contributed by atoms with Crippen molar-refractivity contribution in [1.82, 2.24) is 19.6 Å². The van der Waals surface area contributed by atoms with Crippen LogP contribution >= 0.6 is 0 Å². The van der Waals surface area contributed by atoms with Gasteiger partial charge in [0.2, 0.25) is 5.88 Å². The molecule has 8 heteroatoms. The maximum Gasteiger partial charge on any atom is 0.228 e. The smallest absolute Gasteiger partial charge is 0.228 e. The summed E-state index contributed by atoms with van der Waals surface area (Å²) in [6, 6.07) is 14.6. The zero-order valence-electron chi connectivity index (χ0n) is 15.4. The van der Waals surface area contributed by atoms with Crippen LogP contribution in [0, 0.1) is 5.82 Å². The highest BCUT2D eigenvalue weighted by Crippen LogP contribution is 2.48. The standard InChI is InChI=1S/C22H13FN4O3/c23-13-5-3-12(4-6-13)20-25-21-19-18(16-2-1-9-29-16)15-8-7-14(28)10-17(15)30-22(19)24-11-27(21)26-20/h1-11,18,28H/t18-/m1/s1.